The largest absolute Gasteiger partial charge is 0.573 e. The zero-order valence-electron chi connectivity index (χ0n) is 19.0. The molecule has 180 valence electrons. The lowest BCUT2D eigenvalue weighted by molar-refractivity contribution is -0.274. The SMILES string of the molecule is CC(C)n1nc(-c2cnc(N)c(OC(F)(F)F)c2)cc1[C@@H]1[C@@H]2CC(N3CCO[C@H](C)C3)C[C@@H]21. The Morgan fingerprint density at radius 1 is 1.21 bits per heavy atom. The lowest BCUT2D eigenvalue weighted by Crippen LogP contribution is -2.46. The fraction of sp³-hybridized carbons (Fsp3) is 0.652. The second-order valence-electron chi connectivity index (χ2n) is 9.80. The summed E-state index contributed by atoms with van der Waals surface area (Å²) < 4.78 is 49.9. The van der Waals surface area contributed by atoms with Crippen molar-refractivity contribution in [1.29, 1.82) is 0 Å². The second kappa shape index (κ2) is 8.16. The van der Waals surface area contributed by atoms with E-state index in [-0.39, 0.29) is 18.0 Å². The molecule has 0 radical (unpaired) electrons. The van der Waals surface area contributed by atoms with Gasteiger partial charge < -0.3 is 15.2 Å². The van der Waals surface area contributed by atoms with Gasteiger partial charge in [0.05, 0.1) is 18.4 Å². The van der Waals surface area contributed by atoms with Crippen LogP contribution in [-0.2, 0) is 4.74 Å². The highest BCUT2D eigenvalue weighted by Gasteiger charge is 2.58. The van der Waals surface area contributed by atoms with E-state index in [1.807, 2.05) is 10.7 Å². The van der Waals surface area contributed by atoms with E-state index in [1.165, 1.54) is 25.1 Å². The van der Waals surface area contributed by atoms with Crippen molar-refractivity contribution < 1.29 is 22.6 Å². The standard InChI is InChI=1S/C23H30F3N5O2/c1-12(2)31-19(21-16-7-15(8-17(16)21)30-4-5-32-13(3)11-30)9-18(29-31)14-6-20(22(27)28-10-14)33-23(24,25)26/h6,9-10,12-13,15-17,21H,4-5,7-8,11H2,1-3H3,(H2,27,28)/t13-,15?,16-,17+,21-/m1/s1. The van der Waals surface area contributed by atoms with Gasteiger partial charge in [0.25, 0.3) is 0 Å². The minimum Gasteiger partial charge on any atom is -0.402 e. The predicted octanol–water partition coefficient (Wildman–Crippen LogP) is 4.22. The first-order valence-electron chi connectivity index (χ1n) is 11.6. The first kappa shape index (κ1) is 22.5. The molecule has 2 aromatic rings. The molecule has 2 aliphatic carbocycles. The van der Waals surface area contributed by atoms with E-state index in [0.717, 1.165) is 25.4 Å². The van der Waals surface area contributed by atoms with Crippen molar-refractivity contribution in [3.63, 3.8) is 0 Å². The summed E-state index contributed by atoms with van der Waals surface area (Å²) in [5.41, 5.74) is 7.78. The highest BCUT2D eigenvalue weighted by atomic mass is 19.4. The monoisotopic (exact) mass is 465 g/mol. The number of morpholine rings is 1. The molecule has 10 heteroatoms. The number of rotatable bonds is 5. The Morgan fingerprint density at radius 3 is 2.58 bits per heavy atom. The first-order chi connectivity index (χ1) is 15.6. The summed E-state index contributed by atoms with van der Waals surface area (Å²) >= 11 is 0. The molecule has 0 aromatic carbocycles. The number of hydrogen-bond acceptors (Lipinski definition) is 6. The first-order valence-corrected chi connectivity index (χ1v) is 11.6. The van der Waals surface area contributed by atoms with Crippen LogP contribution >= 0.6 is 0 Å². The molecule has 1 saturated heterocycles. The third kappa shape index (κ3) is 4.42. The van der Waals surface area contributed by atoms with Crippen molar-refractivity contribution in [3.8, 4) is 17.0 Å². The van der Waals surface area contributed by atoms with Gasteiger partial charge in [-0.25, -0.2) is 4.98 Å². The van der Waals surface area contributed by atoms with E-state index in [4.69, 9.17) is 15.6 Å². The number of aromatic nitrogens is 3. The van der Waals surface area contributed by atoms with Crippen LogP contribution in [0.4, 0.5) is 19.0 Å². The molecular formula is C23H30F3N5O2. The van der Waals surface area contributed by atoms with Crippen LogP contribution in [-0.4, -0.2) is 57.9 Å². The van der Waals surface area contributed by atoms with E-state index in [2.05, 4.69) is 35.4 Å². The third-order valence-electron chi connectivity index (χ3n) is 7.21. The van der Waals surface area contributed by atoms with E-state index >= 15 is 0 Å². The molecule has 3 aliphatic rings. The topological polar surface area (TPSA) is 78.4 Å². The number of nitrogens with zero attached hydrogens (tertiary/aromatic N) is 4. The lowest BCUT2D eigenvalue weighted by atomic mass is 10.0. The molecule has 1 aliphatic heterocycles. The molecule has 0 spiro atoms. The van der Waals surface area contributed by atoms with Crippen LogP contribution in [0.5, 0.6) is 5.75 Å². The smallest absolute Gasteiger partial charge is 0.402 e. The maximum Gasteiger partial charge on any atom is 0.573 e. The molecule has 0 bridgehead atoms. The maximum absolute atomic E-state index is 12.7. The third-order valence-corrected chi connectivity index (χ3v) is 7.21. The summed E-state index contributed by atoms with van der Waals surface area (Å²) in [5, 5.41) is 4.73. The Hall–Kier alpha value is -2.33. The van der Waals surface area contributed by atoms with E-state index < -0.39 is 12.1 Å². The van der Waals surface area contributed by atoms with Gasteiger partial charge in [0, 0.05) is 48.5 Å². The predicted molar refractivity (Wildman–Crippen MR) is 117 cm³/mol. The molecular weight excluding hydrogens is 435 g/mol. The second-order valence-corrected chi connectivity index (χ2v) is 9.80. The van der Waals surface area contributed by atoms with Crippen molar-refractivity contribution in [2.24, 2.45) is 11.8 Å². The van der Waals surface area contributed by atoms with Gasteiger partial charge in [-0.1, -0.05) is 0 Å². The van der Waals surface area contributed by atoms with Crippen LogP contribution in [0.2, 0.25) is 0 Å². The Kier molecular flexibility index (Phi) is 5.55. The average Bonchev–Trinajstić information content (AvgIpc) is 3.09. The van der Waals surface area contributed by atoms with Crippen LogP contribution in [0.15, 0.2) is 18.3 Å². The summed E-state index contributed by atoms with van der Waals surface area (Å²) in [6.07, 6.45) is -0.756. The van der Waals surface area contributed by atoms with E-state index in [9.17, 15) is 13.2 Å². The molecule has 2 saturated carbocycles. The Labute approximate surface area is 191 Å². The van der Waals surface area contributed by atoms with Crippen LogP contribution in [0.3, 0.4) is 0 Å². The fourth-order valence-corrected chi connectivity index (χ4v) is 5.74. The van der Waals surface area contributed by atoms with Gasteiger partial charge in [0.2, 0.25) is 0 Å². The summed E-state index contributed by atoms with van der Waals surface area (Å²) in [4.78, 5) is 6.47. The molecule has 1 unspecified atom stereocenters. The normalized spacial score (nSPS) is 30.0. The number of fused-ring (bicyclic) bond motifs is 1. The molecule has 3 fully saturated rings. The van der Waals surface area contributed by atoms with Crippen molar-refractivity contribution in [2.45, 2.75) is 64.1 Å². The highest BCUT2D eigenvalue weighted by Crippen LogP contribution is 2.64. The molecule has 7 nitrogen and oxygen atoms in total. The number of nitrogen functional groups attached to an aromatic ring is 1. The Bertz CT molecular complexity index is 1010. The number of hydrogen-bond donors (Lipinski definition) is 1. The van der Waals surface area contributed by atoms with Gasteiger partial charge in [0.1, 0.15) is 0 Å². The Morgan fingerprint density at radius 2 is 1.94 bits per heavy atom. The minimum absolute atomic E-state index is 0.138. The van der Waals surface area contributed by atoms with Crippen molar-refractivity contribution in [3.05, 3.63) is 24.0 Å². The van der Waals surface area contributed by atoms with Crippen LogP contribution in [0.25, 0.3) is 11.3 Å². The zero-order chi connectivity index (χ0) is 23.5. The number of nitrogens with two attached hydrogens (primary N) is 1. The van der Waals surface area contributed by atoms with E-state index in [0.29, 0.717) is 35.1 Å². The summed E-state index contributed by atoms with van der Waals surface area (Å²) in [7, 11) is 0. The molecule has 5 rings (SSSR count). The number of ether oxygens (including phenoxy) is 2. The fourth-order valence-electron chi connectivity index (χ4n) is 5.74. The zero-order valence-corrected chi connectivity index (χ0v) is 19.0. The molecule has 5 atom stereocenters. The van der Waals surface area contributed by atoms with Crippen LogP contribution in [0, 0.1) is 11.8 Å². The summed E-state index contributed by atoms with van der Waals surface area (Å²) in [5.74, 6) is 0.884. The van der Waals surface area contributed by atoms with Gasteiger partial charge in [0.15, 0.2) is 11.6 Å². The van der Waals surface area contributed by atoms with Gasteiger partial charge in [-0.3, -0.25) is 9.58 Å². The van der Waals surface area contributed by atoms with Crippen molar-refractivity contribution in [2.75, 3.05) is 25.4 Å². The Balaban J connectivity index is 1.35. The summed E-state index contributed by atoms with van der Waals surface area (Å²) in [6.45, 7) is 9.06. The van der Waals surface area contributed by atoms with Gasteiger partial charge in [-0.05, 0) is 57.6 Å². The van der Waals surface area contributed by atoms with Crippen LogP contribution in [0.1, 0.15) is 51.3 Å². The quantitative estimate of drug-likeness (QED) is 0.713. The highest BCUT2D eigenvalue weighted by molar-refractivity contribution is 5.64. The van der Waals surface area contributed by atoms with Gasteiger partial charge >= 0.3 is 6.36 Å². The molecule has 2 N–H and O–H groups in total. The van der Waals surface area contributed by atoms with Gasteiger partial charge in [-0.2, -0.15) is 5.10 Å². The molecule has 33 heavy (non-hydrogen) atoms. The summed E-state index contributed by atoms with van der Waals surface area (Å²) in [6, 6.07) is 4.01. The van der Waals surface area contributed by atoms with Crippen LogP contribution < -0.4 is 10.5 Å². The number of anilines is 1. The van der Waals surface area contributed by atoms with E-state index in [1.54, 1.807) is 0 Å². The molecule has 2 aromatic heterocycles. The molecule has 3 heterocycles. The molecule has 0 amide bonds. The number of alkyl halides is 3. The van der Waals surface area contributed by atoms with Crippen molar-refractivity contribution in [1.82, 2.24) is 19.7 Å². The maximum atomic E-state index is 12.7. The lowest BCUT2D eigenvalue weighted by Gasteiger charge is -2.36. The van der Waals surface area contributed by atoms with Crippen molar-refractivity contribution >= 4 is 5.82 Å². The number of pyridine rings is 1. The number of halogens is 3. The average molecular weight is 466 g/mol. The minimum atomic E-state index is -4.84. The van der Waals surface area contributed by atoms with Gasteiger partial charge in [-0.15, -0.1) is 13.2 Å².